The third-order valence-corrected chi connectivity index (χ3v) is 5.07. The summed E-state index contributed by atoms with van der Waals surface area (Å²) in [6.07, 6.45) is 15.3. The van der Waals surface area contributed by atoms with Crippen molar-refractivity contribution in [3.63, 3.8) is 0 Å². The van der Waals surface area contributed by atoms with Gasteiger partial charge in [0.2, 0.25) is 0 Å². The molecule has 0 heterocycles. The Labute approximate surface area is 108 Å². The monoisotopic (exact) mass is 242 g/mol. The Morgan fingerprint density at radius 3 is 2.19 bits per heavy atom. The third-order valence-electron chi connectivity index (χ3n) is 4.26. The van der Waals surface area contributed by atoms with Crippen LogP contribution in [-0.4, -0.2) is 4.75 Å². The van der Waals surface area contributed by atoms with Gasteiger partial charge >= 0.3 is 0 Å². The second-order valence-electron chi connectivity index (χ2n) is 5.65. The van der Waals surface area contributed by atoms with Crippen LogP contribution in [0, 0.1) is 5.92 Å². The number of unbranched alkanes of at least 4 members (excludes halogenated alkanes) is 2. The van der Waals surface area contributed by atoms with Gasteiger partial charge in [-0.05, 0) is 31.6 Å². The molecule has 1 rings (SSSR count). The number of hydrogen-bond acceptors (Lipinski definition) is 1. The normalized spacial score (nSPS) is 21.9. The summed E-state index contributed by atoms with van der Waals surface area (Å²) in [6, 6.07) is 0. The molecule has 0 nitrogen and oxygen atoms in total. The van der Waals surface area contributed by atoms with E-state index in [0.29, 0.717) is 4.75 Å². The highest BCUT2D eigenvalue weighted by molar-refractivity contribution is 7.81. The predicted molar refractivity (Wildman–Crippen MR) is 77.3 cm³/mol. The lowest BCUT2D eigenvalue weighted by Crippen LogP contribution is -2.33. The summed E-state index contributed by atoms with van der Waals surface area (Å²) in [5.74, 6) is 0.904. The van der Waals surface area contributed by atoms with Crippen LogP contribution in [-0.2, 0) is 0 Å². The zero-order valence-electron chi connectivity index (χ0n) is 11.3. The highest BCUT2D eigenvalue weighted by Crippen LogP contribution is 2.43. The van der Waals surface area contributed by atoms with E-state index in [0.717, 1.165) is 5.92 Å². The fourth-order valence-corrected chi connectivity index (χ4v) is 3.93. The van der Waals surface area contributed by atoms with Crippen molar-refractivity contribution < 1.29 is 0 Å². The largest absolute Gasteiger partial charge is 0.172 e. The summed E-state index contributed by atoms with van der Waals surface area (Å²) >= 11 is 5.11. The average Bonchev–Trinajstić information content (AvgIpc) is 2.31. The first-order valence-electron chi connectivity index (χ1n) is 7.45. The Hall–Kier alpha value is 0.350. The molecule has 96 valence electrons. The van der Waals surface area contributed by atoms with Crippen LogP contribution >= 0.6 is 12.6 Å². The Morgan fingerprint density at radius 2 is 1.62 bits per heavy atom. The predicted octanol–water partition coefficient (Wildman–Crippen LogP) is 5.62. The first-order chi connectivity index (χ1) is 7.73. The van der Waals surface area contributed by atoms with E-state index in [4.69, 9.17) is 12.6 Å². The van der Waals surface area contributed by atoms with E-state index in [-0.39, 0.29) is 0 Å². The van der Waals surface area contributed by atoms with Gasteiger partial charge in [0.15, 0.2) is 0 Å². The van der Waals surface area contributed by atoms with Crippen LogP contribution in [0.4, 0.5) is 0 Å². The number of rotatable bonds is 7. The highest BCUT2D eigenvalue weighted by atomic mass is 32.1. The molecule has 0 aromatic heterocycles. The van der Waals surface area contributed by atoms with E-state index in [2.05, 4.69) is 13.8 Å². The lowest BCUT2D eigenvalue weighted by atomic mass is 9.75. The number of hydrogen-bond donors (Lipinski definition) is 1. The quantitative estimate of drug-likeness (QED) is 0.435. The SMILES string of the molecule is CCCCCC(S)(CCC)C1CCCCC1. The smallest absolute Gasteiger partial charge is 0.0158 e. The molecular formula is C15H30S. The van der Waals surface area contributed by atoms with Gasteiger partial charge < -0.3 is 0 Å². The summed E-state index contributed by atoms with van der Waals surface area (Å²) < 4.78 is 0.365. The lowest BCUT2D eigenvalue weighted by Gasteiger charge is -2.39. The van der Waals surface area contributed by atoms with Gasteiger partial charge in [0.05, 0.1) is 0 Å². The fourth-order valence-electron chi connectivity index (χ4n) is 3.29. The van der Waals surface area contributed by atoms with E-state index in [1.165, 1.54) is 70.6 Å². The van der Waals surface area contributed by atoms with E-state index in [9.17, 15) is 0 Å². The minimum Gasteiger partial charge on any atom is -0.172 e. The summed E-state index contributed by atoms with van der Waals surface area (Å²) in [6.45, 7) is 4.61. The molecule has 1 heteroatoms. The zero-order valence-corrected chi connectivity index (χ0v) is 12.2. The molecule has 0 N–H and O–H groups in total. The van der Waals surface area contributed by atoms with Gasteiger partial charge in [-0.25, -0.2) is 0 Å². The maximum Gasteiger partial charge on any atom is 0.0158 e. The Morgan fingerprint density at radius 1 is 0.938 bits per heavy atom. The van der Waals surface area contributed by atoms with E-state index < -0.39 is 0 Å². The second-order valence-corrected chi connectivity index (χ2v) is 6.54. The van der Waals surface area contributed by atoms with Crippen molar-refractivity contribution in [1.29, 1.82) is 0 Å². The van der Waals surface area contributed by atoms with E-state index >= 15 is 0 Å². The van der Waals surface area contributed by atoms with Gasteiger partial charge in [-0.1, -0.05) is 58.8 Å². The fraction of sp³-hybridized carbons (Fsp3) is 1.00. The first kappa shape index (κ1) is 14.4. The lowest BCUT2D eigenvalue weighted by molar-refractivity contribution is 0.251. The zero-order chi connectivity index (χ0) is 11.9. The molecule has 1 aliphatic carbocycles. The average molecular weight is 242 g/mol. The Balaban J connectivity index is 2.47. The molecule has 0 aromatic carbocycles. The molecule has 0 aromatic rings. The van der Waals surface area contributed by atoms with Crippen molar-refractivity contribution >= 4 is 12.6 Å². The van der Waals surface area contributed by atoms with Gasteiger partial charge in [0.1, 0.15) is 0 Å². The van der Waals surface area contributed by atoms with Crippen LogP contribution in [0.25, 0.3) is 0 Å². The maximum atomic E-state index is 5.11. The van der Waals surface area contributed by atoms with Gasteiger partial charge in [-0.2, -0.15) is 12.6 Å². The molecule has 0 amide bonds. The van der Waals surface area contributed by atoms with Crippen LogP contribution in [0.15, 0.2) is 0 Å². The highest BCUT2D eigenvalue weighted by Gasteiger charge is 2.34. The van der Waals surface area contributed by atoms with Crippen LogP contribution in [0.2, 0.25) is 0 Å². The molecule has 1 atom stereocenters. The molecule has 1 aliphatic rings. The van der Waals surface area contributed by atoms with Gasteiger partial charge in [0.25, 0.3) is 0 Å². The van der Waals surface area contributed by atoms with Gasteiger partial charge in [0, 0.05) is 4.75 Å². The molecular weight excluding hydrogens is 212 g/mol. The summed E-state index contributed by atoms with van der Waals surface area (Å²) in [5.41, 5.74) is 0. The summed E-state index contributed by atoms with van der Waals surface area (Å²) in [4.78, 5) is 0. The molecule has 0 radical (unpaired) electrons. The molecule has 1 saturated carbocycles. The summed E-state index contributed by atoms with van der Waals surface area (Å²) in [5, 5.41) is 0. The van der Waals surface area contributed by atoms with Crippen LogP contribution in [0.3, 0.4) is 0 Å². The van der Waals surface area contributed by atoms with Crippen molar-refractivity contribution in [2.75, 3.05) is 0 Å². The van der Waals surface area contributed by atoms with Crippen molar-refractivity contribution in [3.05, 3.63) is 0 Å². The first-order valence-corrected chi connectivity index (χ1v) is 7.90. The molecule has 0 bridgehead atoms. The topological polar surface area (TPSA) is 0 Å². The van der Waals surface area contributed by atoms with E-state index in [1.54, 1.807) is 0 Å². The molecule has 0 saturated heterocycles. The van der Waals surface area contributed by atoms with Crippen molar-refractivity contribution in [3.8, 4) is 0 Å². The second kappa shape index (κ2) is 7.63. The molecule has 0 spiro atoms. The molecule has 1 fully saturated rings. The van der Waals surface area contributed by atoms with Crippen LogP contribution in [0.1, 0.15) is 84.5 Å². The molecule has 1 unspecified atom stereocenters. The van der Waals surface area contributed by atoms with Crippen LogP contribution < -0.4 is 0 Å². The minimum atomic E-state index is 0.365. The standard InChI is InChI=1S/C15H30S/c1-3-5-9-13-15(16,12-4-2)14-10-7-6-8-11-14/h14,16H,3-13H2,1-2H3. The van der Waals surface area contributed by atoms with Crippen molar-refractivity contribution in [2.24, 2.45) is 5.92 Å². The van der Waals surface area contributed by atoms with E-state index in [1.807, 2.05) is 0 Å². The van der Waals surface area contributed by atoms with Gasteiger partial charge in [-0.15, -0.1) is 0 Å². The summed E-state index contributed by atoms with van der Waals surface area (Å²) in [7, 11) is 0. The number of thiol groups is 1. The molecule has 16 heavy (non-hydrogen) atoms. The van der Waals surface area contributed by atoms with Crippen molar-refractivity contribution in [1.82, 2.24) is 0 Å². The Bertz CT molecular complexity index is 172. The van der Waals surface area contributed by atoms with Crippen LogP contribution in [0.5, 0.6) is 0 Å². The third kappa shape index (κ3) is 4.31. The maximum absolute atomic E-state index is 5.11. The van der Waals surface area contributed by atoms with Gasteiger partial charge in [-0.3, -0.25) is 0 Å². The Kier molecular flexibility index (Phi) is 6.87. The van der Waals surface area contributed by atoms with Crippen molar-refractivity contribution in [2.45, 2.75) is 89.2 Å². The minimum absolute atomic E-state index is 0.365. The molecule has 0 aliphatic heterocycles.